The monoisotopic (exact) mass is 130 g/mol. The second-order valence-electron chi connectivity index (χ2n) is 1.81. The zero-order valence-corrected chi connectivity index (χ0v) is 5.66. The SMILES string of the molecule is CCC1(N)NC=CS1. The first kappa shape index (κ1) is 5.98. The van der Waals surface area contributed by atoms with Crippen molar-refractivity contribution in [2.45, 2.75) is 18.3 Å². The van der Waals surface area contributed by atoms with E-state index < -0.39 is 0 Å². The van der Waals surface area contributed by atoms with Crippen molar-refractivity contribution in [3.05, 3.63) is 11.6 Å². The maximum atomic E-state index is 5.75. The van der Waals surface area contributed by atoms with Gasteiger partial charge in [-0.25, -0.2) is 0 Å². The highest BCUT2D eigenvalue weighted by atomic mass is 32.2. The molecule has 3 heteroatoms. The van der Waals surface area contributed by atoms with Crippen LogP contribution in [0.3, 0.4) is 0 Å². The van der Waals surface area contributed by atoms with E-state index in [2.05, 4.69) is 12.2 Å². The Hall–Kier alpha value is -0.150. The van der Waals surface area contributed by atoms with Gasteiger partial charge in [-0.1, -0.05) is 18.7 Å². The summed E-state index contributed by atoms with van der Waals surface area (Å²) < 4.78 is 0. The van der Waals surface area contributed by atoms with Crippen molar-refractivity contribution in [3.63, 3.8) is 0 Å². The lowest BCUT2D eigenvalue weighted by Crippen LogP contribution is -2.44. The average Bonchev–Trinajstić information content (AvgIpc) is 2.17. The second kappa shape index (κ2) is 1.99. The molecule has 0 aliphatic carbocycles. The average molecular weight is 130 g/mol. The molecule has 0 aromatic heterocycles. The number of rotatable bonds is 1. The highest BCUT2D eigenvalue weighted by Crippen LogP contribution is 2.25. The van der Waals surface area contributed by atoms with Crippen LogP contribution in [0, 0.1) is 0 Å². The third-order valence-corrected chi connectivity index (χ3v) is 2.30. The minimum absolute atomic E-state index is 0.208. The van der Waals surface area contributed by atoms with Crippen LogP contribution in [0.4, 0.5) is 0 Å². The Bertz CT molecular complexity index is 103. The molecule has 0 fully saturated rings. The zero-order valence-electron chi connectivity index (χ0n) is 4.85. The zero-order chi connectivity index (χ0) is 6.04. The van der Waals surface area contributed by atoms with Gasteiger partial charge >= 0.3 is 0 Å². The number of hydrogen-bond donors (Lipinski definition) is 2. The summed E-state index contributed by atoms with van der Waals surface area (Å²) in [7, 11) is 0. The van der Waals surface area contributed by atoms with E-state index in [0.29, 0.717) is 0 Å². The van der Waals surface area contributed by atoms with E-state index in [1.54, 1.807) is 11.8 Å². The molecule has 0 saturated heterocycles. The molecule has 8 heavy (non-hydrogen) atoms. The summed E-state index contributed by atoms with van der Waals surface area (Å²) >= 11 is 1.63. The highest BCUT2D eigenvalue weighted by molar-refractivity contribution is 8.03. The fourth-order valence-corrected chi connectivity index (χ4v) is 1.23. The van der Waals surface area contributed by atoms with Gasteiger partial charge in [0.15, 0.2) is 0 Å². The van der Waals surface area contributed by atoms with Crippen LogP contribution in [-0.4, -0.2) is 4.99 Å². The Balaban J connectivity index is 2.46. The molecule has 0 radical (unpaired) electrons. The van der Waals surface area contributed by atoms with Gasteiger partial charge in [-0.05, 0) is 11.8 Å². The summed E-state index contributed by atoms with van der Waals surface area (Å²) in [5, 5.41) is 5.02. The van der Waals surface area contributed by atoms with Crippen LogP contribution in [0.15, 0.2) is 11.6 Å². The quantitative estimate of drug-likeness (QED) is 0.552. The predicted octanol–water partition coefficient (Wildman–Crippen LogP) is 0.817. The maximum absolute atomic E-state index is 5.75. The van der Waals surface area contributed by atoms with Gasteiger partial charge in [0.2, 0.25) is 0 Å². The molecule has 46 valence electrons. The third kappa shape index (κ3) is 0.980. The van der Waals surface area contributed by atoms with Crippen molar-refractivity contribution in [1.29, 1.82) is 0 Å². The Morgan fingerprint density at radius 2 is 2.62 bits per heavy atom. The summed E-state index contributed by atoms with van der Waals surface area (Å²) in [6.45, 7) is 2.06. The van der Waals surface area contributed by atoms with Crippen molar-refractivity contribution >= 4 is 11.8 Å². The number of nitrogens with two attached hydrogens (primary N) is 1. The summed E-state index contributed by atoms with van der Waals surface area (Å²) in [6.07, 6.45) is 2.83. The number of thioether (sulfide) groups is 1. The van der Waals surface area contributed by atoms with Gasteiger partial charge in [0.25, 0.3) is 0 Å². The summed E-state index contributed by atoms with van der Waals surface area (Å²) in [5.74, 6) is 0. The lowest BCUT2D eigenvalue weighted by molar-refractivity contribution is 0.544. The molecule has 1 unspecified atom stereocenters. The van der Waals surface area contributed by atoms with Gasteiger partial charge in [-0.2, -0.15) is 0 Å². The van der Waals surface area contributed by atoms with Crippen LogP contribution in [0.2, 0.25) is 0 Å². The molecule has 1 heterocycles. The Morgan fingerprint density at radius 1 is 1.88 bits per heavy atom. The maximum Gasteiger partial charge on any atom is 0.137 e. The number of hydrogen-bond acceptors (Lipinski definition) is 3. The molecule has 1 rings (SSSR count). The number of nitrogens with one attached hydrogen (secondary N) is 1. The highest BCUT2D eigenvalue weighted by Gasteiger charge is 2.22. The fraction of sp³-hybridized carbons (Fsp3) is 0.600. The molecule has 1 aliphatic heterocycles. The summed E-state index contributed by atoms with van der Waals surface area (Å²) in [5.41, 5.74) is 5.75. The van der Waals surface area contributed by atoms with E-state index in [1.165, 1.54) is 0 Å². The Labute approximate surface area is 53.5 Å². The molecule has 0 aromatic carbocycles. The van der Waals surface area contributed by atoms with E-state index in [4.69, 9.17) is 5.73 Å². The Kier molecular flexibility index (Phi) is 1.49. The van der Waals surface area contributed by atoms with Gasteiger partial charge in [-0.3, -0.25) is 5.73 Å². The van der Waals surface area contributed by atoms with Crippen LogP contribution < -0.4 is 11.1 Å². The summed E-state index contributed by atoms with van der Waals surface area (Å²) in [6, 6.07) is 0. The van der Waals surface area contributed by atoms with Crippen molar-refractivity contribution < 1.29 is 0 Å². The lowest BCUT2D eigenvalue weighted by Gasteiger charge is -2.20. The van der Waals surface area contributed by atoms with E-state index in [0.717, 1.165) is 6.42 Å². The van der Waals surface area contributed by atoms with Gasteiger partial charge < -0.3 is 5.32 Å². The molecule has 0 spiro atoms. The predicted molar refractivity (Wildman–Crippen MR) is 37.1 cm³/mol. The minimum Gasteiger partial charge on any atom is -0.364 e. The summed E-state index contributed by atoms with van der Waals surface area (Å²) in [4.78, 5) is -0.208. The van der Waals surface area contributed by atoms with Crippen LogP contribution in [-0.2, 0) is 0 Å². The van der Waals surface area contributed by atoms with Gasteiger partial charge in [0, 0.05) is 6.20 Å². The van der Waals surface area contributed by atoms with Gasteiger partial charge in [0.05, 0.1) is 0 Å². The molecular weight excluding hydrogens is 120 g/mol. The topological polar surface area (TPSA) is 38.0 Å². The second-order valence-corrected chi connectivity index (χ2v) is 3.04. The molecule has 3 N–H and O–H groups in total. The molecule has 0 aromatic rings. The molecule has 0 bridgehead atoms. The Morgan fingerprint density at radius 3 is 2.88 bits per heavy atom. The van der Waals surface area contributed by atoms with E-state index in [9.17, 15) is 0 Å². The van der Waals surface area contributed by atoms with Crippen molar-refractivity contribution in [3.8, 4) is 0 Å². The van der Waals surface area contributed by atoms with Gasteiger partial charge in [0.1, 0.15) is 4.99 Å². The largest absolute Gasteiger partial charge is 0.364 e. The van der Waals surface area contributed by atoms with Crippen LogP contribution >= 0.6 is 11.8 Å². The molecule has 0 amide bonds. The smallest absolute Gasteiger partial charge is 0.137 e. The van der Waals surface area contributed by atoms with Crippen molar-refractivity contribution in [2.24, 2.45) is 5.73 Å². The van der Waals surface area contributed by atoms with E-state index >= 15 is 0 Å². The molecule has 2 nitrogen and oxygen atoms in total. The van der Waals surface area contributed by atoms with E-state index in [-0.39, 0.29) is 4.99 Å². The van der Waals surface area contributed by atoms with E-state index in [1.807, 2.05) is 11.6 Å². The first-order chi connectivity index (χ1) is 3.77. The molecule has 1 atom stereocenters. The van der Waals surface area contributed by atoms with Crippen LogP contribution in [0.5, 0.6) is 0 Å². The lowest BCUT2D eigenvalue weighted by atomic mass is 10.4. The fourth-order valence-electron chi connectivity index (χ4n) is 0.550. The normalized spacial score (nSPS) is 35.2. The molecular formula is C5H10N2S. The molecule has 0 saturated carbocycles. The van der Waals surface area contributed by atoms with Crippen molar-refractivity contribution in [2.75, 3.05) is 0 Å². The van der Waals surface area contributed by atoms with Crippen molar-refractivity contribution in [1.82, 2.24) is 5.32 Å². The van der Waals surface area contributed by atoms with Crippen LogP contribution in [0.25, 0.3) is 0 Å². The van der Waals surface area contributed by atoms with Gasteiger partial charge in [-0.15, -0.1) is 0 Å². The minimum atomic E-state index is -0.208. The standard InChI is InChI=1S/C5H10N2S/c1-2-5(6)7-3-4-8-5/h3-4,7H,2,6H2,1H3. The first-order valence-corrected chi connectivity index (χ1v) is 3.54. The third-order valence-electron chi connectivity index (χ3n) is 1.20. The van der Waals surface area contributed by atoms with Crippen LogP contribution in [0.1, 0.15) is 13.3 Å². The molecule has 1 aliphatic rings. The first-order valence-electron chi connectivity index (χ1n) is 2.66.